The molecule has 0 spiro atoms. The molecule has 0 saturated carbocycles. The Balaban J connectivity index is 0.00000295. The van der Waals surface area contributed by atoms with Gasteiger partial charge < -0.3 is 39.5 Å². The van der Waals surface area contributed by atoms with E-state index in [1.165, 1.54) is 0 Å². The maximum atomic E-state index is 14.2. The van der Waals surface area contributed by atoms with Crippen molar-refractivity contribution in [1.29, 1.82) is 0 Å². The number of rotatable bonds is 11. The van der Waals surface area contributed by atoms with Crippen LogP contribution in [0, 0.1) is 13.8 Å². The number of aromatic hydroxyl groups is 1. The van der Waals surface area contributed by atoms with E-state index in [0.717, 1.165) is 75.2 Å². The fraction of sp³-hybridized carbons (Fsp3) is 0.628. The summed E-state index contributed by atoms with van der Waals surface area (Å²) in [6, 6.07) is 11.9. The molecule has 0 radical (unpaired) electrons. The molecule has 2 aromatic carbocycles. The smallest absolute Gasteiger partial charge is 0.410 e. The van der Waals surface area contributed by atoms with E-state index in [1.807, 2.05) is 80.8 Å². The molecule has 4 heterocycles. The fourth-order valence-electron chi connectivity index (χ4n) is 8.41. The number of piperidine rings is 2. The Morgan fingerprint density at radius 2 is 1.50 bits per heavy atom. The number of nitrogens with zero attached hydrogens (tertiary/aromatic N) is 5. The number of phenolic OH excluding ortho intramolecular Hbond substituents is 1. The first-order chi connectivity index (χ1) is 27.1. The molecule has 2 N–H and O–H groups in total. The van der Waals surface area contributed by atoms with Gasteiger partial charge in [-0.2, -0.15) is 0 Å². The zero-order valence-corrected chi connectivity index (χ0v) is 34.3. The van der Waals surface area contributed by atoms with Crippen LogP contribution < -0.4 is 5.32 Å². The van der Waals surface area contributed by atoms with Crippen molar-refractivity contribution in [3.63, 3.8) is 0 Å². The van der Waals surface area contributed by atoms with Gasteiger partial charge in [-0.15, -0.1) is 0 Å². The number of anilines is 1. The molecule has 0 unspecified atom stereocenters. The number of fused-ring (bicyclic) bond motifs is 1. The summed E-state index contributed by atoms with van der Waals surface area (Å²) in [5.74, 6) is -0.110. The molecule has 308 valence electrons. The van der Waals surface area contributed by atoms with E-state index in [0.29, 0.717) is 75.8 Å². The number of benzene rings is 2. The monoisotopic (exact) mass is 776 g/mol. The number of carbonyl (C=O) groups is 4. The minimum Gasteiger partial charge on any atom is -0.507 e. The number of piperazine rings is 1. The second-order valence-electron chi connectivity index (χ2n) is 15.3. The standard InChI is InChI=1S/C41H58N6O7.C2H6/c1-4-25-53-37(48)14-17-43-15-10-33(11-16-43)44-21-23-45(24-22-44)39(50)36(28-31-26-29(2)38(49)30(3)27-31)54-41(52)46-18-12-34(13-19-46)47-20-9-32-7-5-6-8-35(32)42-40(47)51;1-2/h5-8,26-27,33-34,36,49H,4,9-25,28H2,1-3H3,(H,42,51);1-2H3/t36-;/m1./s1. The second-order valence-corrected chi connectivity index (χ2v) is 15.3. The first kappa shape index (κ1) is 42.8. The molecule has 3 saturated heterocycles. The van der Waals surface area contributed by atoms with Gasteiger partial charge in [0.15, 0.2) is 6.10 Å². The number of aryl methyl sites for hydroxylation is 2. The third-order valence-electron chi connectivity index (χ3n) is 11.6. The highest BCUT2D eigenvalue weighted by molar-refractivity contribution is 5.91. The van der Waals surface area contributed by atoms with E-state index in [-0.39, 0.29) is 36.1 Å². The number of hydrogen-bond acceptors (Lipinski definition) is 9. The molecule has 56 heavy (non-hydrogen) atoms. The molecule has 1 atom stereocenters. The van der Waals surface area contributed by atoms with Gasteiger partial charge in [-0.1, -0.05) is 51.1 Å². The van der Waals surface area contributed by atoms with Crippen LogP contribution in [0.3, 0.4) is 0 Å². The topological polar surface area (TPSA) is 135 Å². The Labute approximate surface area is 333 Å². The first-order valence-corrected chi connectivity index (χ1v) is 20.9. The van der Waals surface area contributed by atoms with Crippen molar-refractivity contribution in [2.45, 2.75) is 104 Å². The van der Waals surface area contributed by atoms with Gasteiger partial charge in [-0.05, 0) is 93.8 Å². The van der Waals surface area contributed by atoms with E-state index in [4.69, 9.17) is 9.47 Å². The van der Waals surface area contributed by atoms with Crippen molar-refractivity contribution < 1.29 is 33.8 Å². The van der Waals surface area contributed by atoms with Crippen LogP contribution in [-0.2, 0) is 31.9 Å². The Morgan fingerprint density at radius 3 is 2.16 bits per heavy atom. The maximum absolute atomic E-state index is 14.2. The van der Waals surface area contributed by atoms with E-state index < -0.39 is 12.2 Å². The van der Waals surface area contributed by atoms with Gasteiger partial charge in [-0.25, -0.2) is 9.59 Å². The summed E-state index contributed by atoms with van der Waals surface area (Å²) in [5.41, 5.74) is 4.21. The summed E-state index contributed by atoms with van der Waals surface area (Å²) >= 11 is 0. The van der Waals surface area contributed by atoms with Gasteiger partial charge >= 0.3 is 18.1 Å². The minimum absolute atomic E-state index is 0.00150. The highest BCUT2D eigenvalue weighted by Crippen LogP contribution is 2.27. The van der Waals surface area contributed by atoms with Crippen LogP contribution in [0.25, 0.3) is 0 Å². The number of para-hydroxylation sites is 1. The Hall–Kier alpha value is -4.36. The second kappa shape index (κ2) is 20.7. The summed E-state index contributed by atoms with van der Waals surface area (Å²) in [6.45, 7) is 16.8. The Morgan fingerprint density at radius 1 is 0.857 bits per heavy atom. The molecule has 0 aromatic heterocycles. The summed E-state index contributed by atoms with van der Waals surface area (Å²) in [6.07, 6.45) is 3.99. The number of carbonyl (C=O) groups excluding carboxylic acids is 4. The quantitative estimate of drug-likeness (QED) is 0.280. The molecule has 0 aliphatic carbocycles. The molecule has 13 heteroatoms. The van der Waals surface area contributed by atoms with Crippen LogP contribution in [0.15, 0.2) is 36.4 Å². The van der Waals surface area contributed by atoms with Gasteiger partial charge in [0.1, 0.15) is 5.75 Å². The van der Waals surface area contributed by atoms with Crippen molar-refractivity contribution in [3.8, 4) is 5.75 Å². The molecule has 4 aliphatic heterocycles. The van der Waals surface area contributed by atoms with Crippen LogP contribution in [0.4, 0.5) is 15.3 Å². The molecule has 4 amide bonds. The van der Waals surface area contributed by atoms with E-state index >= 15 is 0 Å². The average Bonchev–Trinajstić information content (AvgIpc) is 3.39. The minimum atomic E-state index is -1.01. The third kappa shape index (κ3) is 11.1. The van der Waals surface area contributed by atoms with Gasteiger partial charge in [0, 0.05) is 76.5 Å². The molecule has 6 rings (SSSR count). The zero-order valence-electron chi connectivity index (χ0n) is 34.3. The number of ether oxygens (including phenoxy) is 2. The van der Waals surface area contributed by atoms with Crippen molar-refractivity contribution in [2.24, 2.45) is 0 Å². The summed E-state index contributed by atoms with van der Waals surface area (Å²) in [4.78, 5) is 63.1. The zero-order chi connectivity index (χ0) is 40.2. The van der Waals surface area contributed by atoms with Gasteiger partial charge in [0.05, 0.1) is 13.0 Å². The molecular weight excluding hydrogens is 713 g/mol. The summed E-state index contributed by atoms with van der Waals surface area (Å²) < 4.78 is 11.3. The van der Waals surface area contributed by atoms with Crippen molar-refractivity contribution in [3.05, 3.63) is 58.7 Å². The maximum Gasteiger partial charge on any atom is 0.410 e. The number of amides is 4. The number of likely N-dealkylation sites (tertiary alicyclic amines) is 2. The van der Waals surface area contributed by atoms with E-state index in [1.54, 1.807) is 4.90 Å². The van der Waals surface area contributed by atoms with E-state index in [2.05, 4.69) is 15.1 Å². The Kier molecular flexibility index (Phi) is 15.8. The lowest BCUT2D eigenvalue weighted by molar-refractivity contribution is -0.144. The predicted octanol–water partition coefficient (Wildman–Crippen LogP) is 5.59. The van der Waals surface area contributed by atoms with Crippen LogP contribution in [0.5, 0.6) is 5.75 Å². The van der Waals surface area contributed by atoms with Crippen molar-refractivity contribution in [1.82, 2.24) is 24.5 Å². The lowest BCUT2D eigenvalue weighted by Gasteiger charge is -2.43. The first-order valence-electron chi connectivity index (χ1n) is 20.9. The molecule has 0 bridgehead atoms. The lowest BCUT2D eigenvalue weighted by atomic mass is 10.00. The van der Waals surface area contributed by atoms with Crippen molar-refractivity contribution >= 4 is 29.7 Å². The average molecular weight is 777 g/mol. The number of urea groups is 1. The SMILES string of the molecule is CC.CCCOC(=O)CCN1CCC(N2CCN(C(=O)[C@@H](Cc3cc(C)c(O)c(C)c3)OC(=O)N3CCC(N4CCc5ccccc5NC4=O)CC3)CC2)CC1. The number of phenols is 1. The van der Waals surface area contributed by atoms with Crippen molar-refractivity contribution in [2.75, 3.05) is 77.4 Å². The highest BCUT2D eigenvalue weighted by Gasteiger charge is 2.36. The molecular formula is C43H64N6O7. The molecule has 13 nitrogen and oxygen atoms in total. The highest BCUT2D eigenvalue weighted by atomic mass is 16.6. The van der Waals surface area contributed by atoms with Crippen LogP contribution in [-0.4, -0.2) is 144 Å². The van der Waals surface area contributed by atoms with Gasteiger partial charge in [0.2, 0.25) is 0 Å². The van der Waals surface area contributed by atoms with Crippen LogP contribution in [0.1, 0.15) is 81.5 Å². The normalized spacial score (nSPS) is 19.2. The van der Waals surface area contributed by atoms with Crippen LogP contribution >= 0.6 is 0 Å². The number of nitrogens with one attached hydrogen (secondary N) is 1. The van der Waals surface area contributed by atoms with E-state index in [9.17, 15) is 24.3 Å². The molecule has 3 fully saturated rings. The third-order valence-corrected chi connectivity index (χ3v) is 11.6. The largest absolute Gasteiger partial charge is 0.507 e. The molecule has 2 aromatic rings. The van der Waals surface area contributed by atoms with Gasteiger partial charge in [0.25, 0.3) is 5.91 Å². The van der Waals surface area contributed by atoms with Gasteiger partial charge in [-0.3, -0.25) is 14.5 Å². The fourth-order valence-corrected chi connectivity index (χ4v) is 8.41. The molecule has 4 aliphatic rings. The number of esters is 1. The Bertz CT molecular complexity index is 1610. The van der Waals surface area contributed by atoms with Crippen LogP contribution in [0.2, 0.25) is 0 Å². The summed E-state index contributed by atoms with van der Waals surface area (Å²) in [7, 11) is 0. The summed E-state index contributed by atoms with van der Waals surface area (Å²) in [5, 5.41) is 13.4. The number of hydrogen-bond donors (Lipinski definition) is 2. The predicted molar refractivity (Wildman–Crippen MR) is 217 cm³/mol. The lowest BCUT2D eigenvalue weighted by Crippen LogP contribution is -2.56.